The van der Waals surface area contributed by atoms with Crippen molar-refractivity contribution in [2.45, 2.75) is 13.0 Å². The number of esters is 1. The molecular formula is C32H26ClN3O5. The Kier molecular flexibility index (Phi) is 8.12. The number of carbonyl (C=O) groups excluding carboxylic acids is 2. The molecule has 1 unspecified atom stereocenters. The van der Waals surface area contributed by atoms with Crippen LogP contribution in [0.4, 0.5) is 5.69 Å². The largest absolute Gasteiger partial charge is 0.495 e. The number of carbonyl (C=O) groups is 2. The van der Waals surface area contributed by atoms with Crippen molar-refractivity contribution in [2.24, 2.45) is 0 Å². The van der Waals surface area contributed by atoms with Gasteiger partial charge in [-0.2, -0.15) is 0 Å². The number of methoxy groups -OCH3 is 2. The van der Waals surface area contributed by atoms with Crippen molar-refractivity contribution in [3.05, 3.63) is 102 Å². The molecule has 0 aliphatic carbocycles. The summed E-state index contributed by atoms with van der Waals surface area (Å²) >= 11 is 6.20. The topological polar surface area (TPSA) is 99.6 Å². The number of ether oxygens (including phenoxy) is 3. The average Bonchev–Trinajstić information content (AvgIpc) is 3.01. The molecule has 0 bridgehead atoms. The zero-order valence-corrected chi connectivity index (χ0v) is 23.3. The van der Waals surface area contributed by atoms with Gasteiger partial charge in [-0.05, 0) is 31.2 Å². The molecular weight excluding hydrogens is 542 g/mol. The zero-order valence-electron chi connectivity index (χ0n) is 22.6. The van der Waals surface area contributed by atoms with E-state index in [1.54, 1.807) is 24.3 Å². The van der Waals surface area contributed by atoms with Crippen molar-refractivity contribution >= 4 is 40.2 Å². The minimum atomic E-state index is -1.12. The molecule has 1 aromatic heterocycles. The number of halogens is 1. The number of amides is 1. The molecule has 0 saturated heterocycles. The Hall–Kier alpha value is -4.95. The lowest BCUT2D eigenvalue weighted by atomic mass is 10.0. The Morgan fingerprint density at radius 3 is 1.93 bits per heavy atom. The zero-order chi connectivity index (χ0) is 28.9. The van der Waals surface area contributed by atoms with E-state index in [2.05, 4.69) is 5.32 Å². The number of benzene rings is 4. The van der Waals surface area contributed by atoms with Crippen LogP contribution in [-0.2, 0) is 9.53 Å². The van der Waals surface area contributed by atoms with Gasteiger partial charge in [-0.15, -0.1) is 0 Å². The van der Waals surface area contributed by atoms with E-state index in [0.717, 1.165) is 16.8 Å². The van der Waals surface area contributed by atoms with Crippen LogP contribution in [0.5, 0.6) is 11.5 Å². The summed E-state index contributed by atoms with van der Waals surface area (Å²) in [6, 6.07) is 27.5. The molecule has 0 saturated carbocycles. The lowest BCUT2D eigenvalue weighted by molar-refractivity contribution is -0.123. The first-order chi connectivity index (χ1) is 19.9. The summed E-state index contributed by atoms with van der Waals surface area (Å²) in [6.45, 7) is 1.48. The van der Waals surface area contributed by atoms with Crippen LogP contribution in [-0.4, -0.2) is 42.2 Å². The van der Waals surface area contributed by atoms with E-state index in [-0.39, 0.29) is 10.6 Å². The maximum Gasteiger partial charge on any atom is 0.338 e. The third kappa shape index (κ3) is 5.97. The van der Waals surface area contributed by atoms with E-state index in [9.17, 15) is 9.59 Å². The highest BCUT2D eigenvalue weighted by Crippen LogP contribution is 2.36. The maximum absolute atomic E-state index is 13.0. The molecule has 0 fully saturated rings. The fourth-order valence-electron chi connectivity index (χ4n) is 4.25. The summed E-state index contributed by atoms with van der Waals surface area (Å²) in [6.07, 6.45) is -1.12. The fraction of sp³-hybridized carbons (Fsp3) is 0.125. The number of rotatable bonds is 8. The SMILES string of the molecule is COc1cc(OC)c(NC(=O)C(C)OC(=O)c2ccc3nc(-c4ccccc4)c(-c4ccccc4)nc3c2)cc1Cl. The van der Waals surface area contributed by atoms with Gasteiger partial charge in [0.15, 0.2) is 6.10 Å². The Morgan fingerprint density at radius 2 is 1.34 bits per heavy atom. The summed E-state index contributed by atoms with van der Waals surface area (Å²) in [5, 5.41) is 2.97. The summed E-state index contributed by atoms with van der Waals surface area (Å²) in [7, 11) is 2.93. The maximum atomic E-state index is 13.0. The van der Waals surface area contributed by atoms with E-state index in [1.165, 1.54) is 27.2 Å². The van der Waals surface area contributed by atoms with Crippen LogP contribution in [0.15, 0.2) is 91.0 Å². The molecule has 5 rings (SSSR count). The van der Waals surface area contributed by atoms with E-state index < -0.39 is 18.0 Å². The molecule has 9 heteroatoms. The highest BCUT2D eigenvalue weighted by atomic mass is 35.5. The van der Waals surface area contributed by atoms with Crippen molar-refractivity contribution in [3.8, 4) is 34.0 Å². The van der Waals surface area contributed by atoms with Crippen molar-refractivity contribution in [1.82, 2.24) is 9.97 Å². The molecule has 206 valence electrons. The monoisotopic (exact) mass is 567 g/mol. The predicted molar refractivity (Wildman–Crippen MR) is 158 cm³/mol. The Balaban J connectivity index is 1.40. The highest BCUT2D eigenvalue weighted by molar-refractivity contribution is 6.32. The summed E-state index contributed by atoms with van der Waals surface area (Å²) in [5.41, 5.74) is 4.94. The smallest absolute Gasteiger partial charge is 0.338 e. The van der Waals surface area contributed by atoms with Crippen LogP contribution >= 0.6 is 11.6 Å². The Morgan fingerprint density at radius 1 is 0.756 bits per heavy atom. The van der Waals surface area contributed by atoms with Gasteiger partial charge in [0.25, 0.3) is 5.91 Å². The number of hydrogen-bond donors (Lipinski definition) is 1. The van der Waals surface area contributed by atoms with E-state index >= 15 is 0 Å². The summed E-state index contributed by atoms with van der Waals surface area (Å²) < 4.78 is 16.0. The molecule has 0 aliphatic heterocycles. The van der Waals surface area contributed by atoms with Crippen LogP contribution < -0.4 is 14.8 Å². The molecule has 5 aromatic rings. The lowest BCUT2D eigenvalue weighted by Crippen LogP contribution is -2.30. The van der Waals surface area contributed by atoms with Crippen LogP contribution in [0.3, 0.4) is 0 Å². The van der Waals surface area contributed by atoms with Crippen molar-refractivity contribution in [3.63, 3.8) is 0 Å². The van der Waals surface area contributed by atoms with E-state index in [4.69, 9.17) is 35.8 Å². The second-order valence-electron chi connectivity index (χ2n) is 9.08. The molecule has 0 aliphatic rings. The van der Waals surface area contributed by atoms with Gasteiger partial charge in [-0.25, -0.2) is 14.8 Å². The first-order valence-electron chi connectivity index (χ1n) is 12.7. The minimum absolute atomic E-state index is 0.239. The van der Waals surface area contributed by atoms with Gasteiger partial charge in [0.1, 0.15) is 11.5 Å². The van der Waals surface area contributed by atoms with Crippen LogP contribution in [0, 0.1) is 0 Å². The molecule has 4 aromatic carbocycles. The van der Waals surface area contributed by atoms with Crippen LogP contribution in [0.25, 0.3) is 33.5 Å². The number of fused-ring (bicyclic) bond motifs is 1. The minimum Gasteiger partial charge on any atom is -0.495 e. The van der Waals surface area contributed by atoms with Gasteiger partial charge in [0.2, 0.25) is 0 Å². The molecule has 1 heterocycles. The second kappa shape index (κ2) is 12.1. The number of nitrogens with zero attached hydrogens (tertiary/aromatic N) is 2. The van der Waals surface area contributed by atoms with Crippen molar-refractivity contribution in [2.75, 3.05) is 19.5 Å². The van der Waals surface area contributed by atoms with Gasteiger partial charge in [-0.3, -0.25) is 4.79 Å². The first kappa shape index (κ1) is 27.6. The number of nitrogens with one attached hydrogen (secondary N) is 1. The standard InChI is InChI=1S/C32H26ClN3O5/c1-19(31(37)36-26-17-23(33)27(39-2)18-28(26)40-3)41-32(38)22-14-15-24-25(16-22)35-30(21-12-8-5-9-13-21)29(34-24)20-10-6-4-7-11-20/h4-19H,1-3H3,(H,36,37). The molecule has 8 nitrogen and oxygen atoms in total. The molecule has 1 amide bonds. The third-order valence-electron chi connectivity index (χ3n) is 6.38. The van der Waals surface area contributed by atoms with Crippen molar-refractivity contribution in [1.29, 1.82) is 0 Å². The molecule has 0 spiro atoms. The first-order valence-corrected chi connectivity index (χ1v) is 13.1. The van der Waals surface area contributed by atoms with Crippen molar-refractivity contribution < 1.29 is 23.8 Å². The summed E-state index contributed by atoms with van der Waals surface area (Å²) in [4.78, 5) is 35.7. The normalized spacial score (nSPS) is 11.5. The van der Waals surface area contributed by atoms with Gasteiger partial charge >= 0.3 is 5.97 Å². The number of anilines is 1. The van der Waals surface area contributed by atoms with Crippen LogP contribution in [0.1, 0.15) is 17.3 Å². The van der Waals surface area contributed by atoms with Gasteiger partial charge in [-0.1, -0.05) is 72.3 Å². The lowest BCUT2D eigenvalue weighted by Gasteiger charge is -2.16. The van der Waals surface area contributed by atoms with E-state index in [1.807, 2.05) is 60.7 Å². The molecule has 41 heavy (non-hydrogen) atoms. The average molecular weight is 568 g/mol. The molecule has 1 N–H and O–H groups in total. The summed E-state index contributed by atoms with van der Waals surface area (Å²) in [5.74, 6) is -0.496. The predicted octanol–water partition coefficient (Wildman–Crippen LogP) is 6.82. The van der Waals surface area contributed by atoms with Crippen LogP contribution in [0.2, 0.25) is 5.02 Å². The van der Waals surface area contributed by atoms with Gasteiger partial charge in [0.05, 0.1) is 52.9 Å². The van der Waals surface area contributed by atoms with E-state index in [0.29, 0.717) is 33.9 Å². The Bertz CT molecular complexity index is 1730. The van der Waals surface area contributed by atoms with Gasteiger partial charge in [0, 0.05) is 17.2 Å². The molecule has 0 radical (unpaired) electrons. The molecule has 1 atom stereocenters. The number of aromatic nitrogens is 2. The fourth-order valence-corrected chi connectivity index (χ4v) is 4.49. The third-order valence-corrected chi connectivity index (χ3v) is 6.67. The highest BCUT2D eigenvalue weighted by Gasteiger charge is 2.22. The Labute approximate surface area is 241 Å². The quantitative estimate of drug-likeness (QED) is 0.205. The second-order valence-corrected chi connectivity index (χ2v) is 9.49. The van der Waals surface area contributed by atoms with Gasteiger partial charge < -0.3 is 19.5 Å². The number of hydrogen-bond acceptors (Lipinski definition) is 7.